The van der Waals surface area contributed by atoms with Crippen LogP contribution < -0.4 is 10.0 Å². The Labute approximate surface area is 126 Å². The molecule has 2 unspecified atom stereocenters. The highest BCUT2D eigenvalue weighted by Gasteiger charge is 2.26. The summed E-state index contributed by atoms with van der Waals surface area (Å²) in [6, 6.07) is 0. The van der Waals surface area contributed by atoms with E-state index in [0.29, 0.717) is 19.7 Å². The molecular formula is C13H24N4O3S. The predicted octanol–water partition coefficient (Wildman–Crippen LogP) is 0.196. The normalized spacial score (nSPS) is 22.8. The topological polar surface area (TPSA) is 85.2 Å². The SMILES string of the molecule is CNCCCn1cc(S(=O)(=O)NCC2CCOC2C)cn1. The Kier molecular flexibility index (Phi) is 5.74. The largest absolute Gasteiger partial charge is 0.378 e. The summed E-state index contributed by atoms with van der Waals surface area (Å²) in [4.78, 5) is 0.221. The Hall–Kier alpha value is -0.960. The van der Waals surface area contributed by atoms with Gasteiger partial charge in [-0.3, -0.25) is 4.68 Å². The number of nitrogens with one attached hydrogen (secondary N) is 2. The molecule has 2 atom stereocenters. The van der Waals surface area contributed by atoms with E-state index in [0.717, 1.165) is 19.4 Å². The van der Waals surface area contributed by atoms with E-state index in [2.05, 4.69) is 15.1 Å². The van der Waals surface area contributed by atoms with Crippen LogP contribution in [0.1, 0.15) is 19.8 Å². The van der Waals surface area contributed by atoms with Crippen LogP contribution in [0.2, 0.25) is 0 Å². The molecule has 0 radical (unpaired) electrons. The third kappa shape index (κ3) is 4.50. The molecule has 1 fully saturated rings. The van der Waals surface area contributed by atoms with Crippen molar-refractivity contribution in [3.05, 3.63) is 12.4 Å². The highest BCUT2D eigenvalue weighted by molar-refractivity contribution is 7.89. The number of hydrogen-bond acceptors (Lipinski definition) is 5. The van der Waals surface area contributed by atoms with Gasteiger partial charge in [-0.05, 0) is 33.4 Å². The van der Waals surface area contributed by atoms with Crippen LogP contribution in [0.15, 0.2) is 17.3 Å². The van der Waals surface area contributed by atoms with Gasteiger partial charge in [0, 0.05) is 31.8 Å². The first-order valence-electron chi connectivity index (χ1n) is 7.31. The average Bonchev–Trinajstić information content (AvgIpc) is 3.06. The van der Waals surface area contributed by atoms with E-state index in [1.807, 2.05) is 14.0 Å². The van der Waals surface area contributed by atoms with Gasteiger partial charge in [0.05, 0.1) is 12.3 Å². The molecule has 1 aliphatic heterocycles. The smallest absolute Gasteiger partial charge is 0.243 e. The van der Waals surface area contributed by atoms with Gasteiger partial charge in [0.25, 0.3) is 0 Å². The van der Waals surface area contributed by atoms with Crippen LogP contribution in [0, 0.1) is 5.92 Å². The van der Waals surface area contributed by atoms with Crippen molar-refractivity contribution in [3.8, 4) is 0 Å². The summed E-state index contributed by atoms with van der Waals surface area (Å²) in [5.74, 6) is 0.241. The first-order valence-corrected chi connectivity index (χ1v) is 8.79. The van der Waals surface area contributed by atoms with Crippen LogP contribution in [0.3, 0.4) is 0 Å². The minimum atomic E-state index is -3.49. The Bertz CT molecular complexity index is 543. The number of nitrogens with zero attached hydrogens (tertiary/aromatic N) is 2. The molecule has 0 amide bonds. The maximum Gasteiger partial charge on any atom is 0.243 e. The quantitative estimate of drug-likeness (QED) is 0.669. The minimum absolute atomic E-state index is 0.108. The summed E-state index contributed by atoms with van der Waals surface area (Å²) in [5, 5.41) is 7.14. The summed E-state index contributed by atoms with van der Waals surface area (Å²) in [7, 11) is -1.60. The van der Waals surface area contributed by atoms with Crippen LogP contribution in [0.5, 0.6) is 0 Å². The summed E-state index contributed by atoms with van der Waals surface area (Å²) in [5.41, 5.74) is 0. The summed E-state index contributed by atoms with van der Waals surface area (Å²) in [6.45, 7) is 4.67. The first-order chi connectivity index (χ1) is 10.0. The molecule has 1 aliphatic rings. The van der Waals surface area contributed by atoms with Gasteiger partial charge in [-0.1, -0.05) is 0 Å². The van der Waals surface area contributed by atoms with Crippen molar-refractivity contribution >= 4 is 10.0 Å². The zero-order valence-corrected chi connectivity index (χ0v) is 13.4. The molecule has 0 saturated carbocycles. The molecule has 2 heterocycles. The van der Waals surface area contributed by atoms with Crippen molar-refractivity contribution in [3.63, 3.8) is 0 Å². The lowest BCUT2D eigenvalue weighted by Crippen LogP contribution is -2.31. The second kappa shape index (κ2) is 7.35. The van der Waals surface area contributed by atoms with Crippen LogP contribution in [0.4, 0.5) is 0 Å². The second-order valence-electron chi connectivity index (χ2n) is 5.37. The molecule has 120 valence electrons. The third-order valence-corrected chi connectivity index (χ3v) is 5.18. The van der Waals surface area contributed by atoms with Crippen molar-refractivity contribution in [1.29, 1.82) is 0 Å². The summed E-state index contributed by atoms with van der Waals surface area (Å²) in [6.07, 6.45) is 4.88. The maximum atomic E-state index is 12.2. The molecule has 0 aliphatic carbocycles. The summed E-state index contributed by atoms with van der Waals surface area (Å²) >= 11 is 0. The molecule has 0 bridgehead atoms. The molecule has 1 saturated heterocycles. The monoisotopic (exact) mass is 316 g/mol. The molecule has 21 heavy (non-hydrogen) atoms. The Balaban J connectivity index is 1.89. The highest BCUT2D eigenvalue weighted by atomic mass is 32.2. The number of ether oxygens (including phenoxy) is 1. The average molecular weight is 316 g/mol. The van der Waals surface area contributed by atoms with E-state index in [1.54, 1.807) is 10.9 Å². The van der Waals surface area contributed by atoms with Gasteiger partial charge in [0.15, 0.2) is 0 Å². The second-order valence-corrected chi connectivity index (χ2v) is 7.14. The van der Waals surface area contributed by atoms with Crippen molar-refractivity contribution in [2.24, 2.45) is 5.92 Å². The van der Waals surface area contributed by atoms with E-state index in [4.69, 9.17) is 4.74 Å². The number of aryl methyl sites for hydroxylation is 1. The molecule has 7 nitrogen and oxygen atoms in total. The minimum Gasteiger partial charge on any atom is -0.378 e. The predicted molar refractivity (Wildman–Crippen MR) is 79.5 cm³/mol. The van der Waals surface area contributed by atoms with Crippen LogP contribution in [-0.4, -0.2) is 51.0 Å². The van der Waals surface area contributed by atoms with Crippen LogP contribution in [0.25, 0.3) is 0 Å². The lowest BCUT2D eigenvalue weighted by Gasteiger charge is -2.14. The zero-order valence-electron chi connectivity index (χ0n) is 12.6. The van der Waals surface area contributed by atoms with Gasteiger partial charge >= 0.3 is 0 Å². The molecule has 8 heteroatoms. The standard InChI is InChI=1S/C13H24N4O3S/c1-11-12(4-7-20-11)8-16-21(18,19)13-9-15-17(10-13)6-3-5-14-2/h9-12,14,16H,3-8H2,1-2H3. The van der Waals surface area contributed by atoms with E-state index in [9.17, 15) is 8.42 Å². The Morgan fingerprint density at radius 3 is 3.00 bits per heavy atom. The lowest BCUT2D eigenvalue weighted by atomic mass is 10.0. The molecule has 0 spiro atoms. The maximum absolute atomic E-state index is 12.2. The number of hydrogen-bond donors (Lipinski definition) is 2. The fraction of sp³-hybridized carbons (Fsp3) is 0.769. The van der Waals surface area contributed by atoms with Crippen molar-refractivity contribution < 1.29 is 13.2 Å². The van der Waals surface area contributed by atoms with Crippen LogP contribution >= 0.6 is 0 Å². The van der Waals surface area contributed by atoms with Crippen molar-refractivity contribution in [1.82, 2.24) is 19.8 Å². The van der Waals surface area contributed by atoms with Gasteiger partial charge in [-0.15, -0.1) is 0 Å². The Morgan fingerprint density at radius 1 is 1.52 bits per heavy atom. The third-order valence-electron chi connectivity index (χ3n) is 3.80. The molecule has 1 aromatic rings. The van der Waals surface area contributed by atoms with E-state index < -0.39 is 10.0 Å². The van der Waals surface area contributed by atoms with E-state index in [1.165, 1.54) is 6.20 Å². The highest BCUT2D eigenvalue weighted by Crippen LogP contribution is 2.20. The fourth-order valence-electron chi connectivity index (χ4n) is 2.37. The van der Waals surface area contributed by atoms with Crippen LogP contribution in [-0.2, 0) is 21.3 Å². The first kappa shape index (κ1) is 16.4. The van der Waals surface area contributed by atoms with Gasteiger partial charge in [0.2, 0.25) is 10.0 Å². The Morgan fingerprint density at radius 2 is 2.33 bits per heavy atom. The van der Waals surface area contributed by atoms with Gasteiger partial charge in [-0.25, -0.2) is 13.1 Å². The molecule has 0 aromatic carbocycles. The lowest BCUT2D eigenvalue weighted by molar-refractivity contribution is 0.107. The molecular weight excluding hydrogens is 292 g/mol. The van der Waals surface area contributed by atoms with Gasteiger partial charge in [-0.2, -0.15) is 5.10 Å². The number of aromatic nitrogens is 2. The van der Waals surface area contributed by atoms with Crippen molar-refractivity contribution in [2.45, 2.75) is 37.3 Å². The fourth-order valence-corrected chi connectivity index (χ4v) is 3.41. The summed E-state index contributed by atoms with van der Waals surface area (Å²) < 4.78 is 34.2. The van der Waals surface area contributed by atoms with Gasteiger partial charge in [0.1, 0.15) is 4.90 Å². The molecule has 2 rings (SSSR count). The molecule has 1 aromatic heterocycles. The number of rotatable bonds is 8. The van der Waals surface area contributed by atoms with E-state index in [-0.39, 0.29) is 16.9 Å². The molecule has 2 N–H and O–H groups in total. The zero-order chi connectivity index (χ0) is 15.3. The van der Waals surface area contributed by atoms with Crippen molar-refractivity contribution in [2.75, 3.05) is 26.7 Å². The van der Waals surface area contributed by atoms with Gasteiger partial charge < -0.3 is 10.1 Å². The van der Waals surface area contributed by atoms with E-state index >= 15 is 0 Å². The number of sulfonamides is 1.